The molecule has 6 heteroatoms. The molecule has 0 rings (SSSR count). The Kier molecular flexibility index (Phi) is 25.3. The van der Waals surface area contributed by atoms with Crippen LogP contribution in [0.25, 0.3) is 0 Å². The first-order valence-corrected chi connectivity index (χ1v) is 1.95. The van der Waals surface area contributed by atoms with E-state index in [1.165, 1.54) is 0 Å². The van der Waals surface area contributed by atoms with Crippen molar-refractivity contribution >= 4 is 46.9 Å². The average Bonchev–Trinajstić information content (AvgIpc) is 0.811. The molecule has 0 saturated heterocycles. The smallest absolute Gasteiger partial charge is 1.00 e. The molecule has 6 heavy (non-hydrogen) atoms. The van der Waals surface area contributed by atoms with E-state index in [0.717, 1.165) is 0 Å². The molecule has 0 spiro atoms. The molecule has 0 saturated carbocycles. The van der Waals surface area contributed by atoms with Gasteiger partial charge in [-0.1, -0.05) is 0 Å². The zero-order chi connectivity index (χ0) is 3.58. The topological polar surface area (TPSA) is 57.5 Å². The molecule has 0 aromatic carbocycles. The van der Waals surface area contributed by atoms with Crippen LogP contribution in [0.1, 0.15) is 4.28 Å². The number of hydrogen-bond acceptors (Lipinski definition) is 1. The van der Waals surface area contributed by atoms with Gasteiger partial charge in [-0.2, -0.15) is 0 Å². The fourth-order valence-electron chi connectivity index (χ4n) is 0. The molecule has 0 fully saturated rings. The van der Waals surface area contributed by atoms with Gasteiger partial charge in [0.1, 0.15) is 0 Å². The predicted molar refractivity (Wildman–Crippen MR) is 20.0 cm³/mol. The monoisotopic (exact) mass is 128 g/mol. The molecule has 0 unspecified atom stereocenters. The summed E-state index contributed by atoms with van der Waals surface area (Å²) in [6, 6.07) is 0. The van der Waals surface area contributed by atoms with Crippen molar-refractivity contribution in [1.82, 2.24) is 0 Å². The van der Waals surface area contributed by atoms with Crippen LogP contribution in [0.2, 0.25) is 0 Å². The van der Waals surface area contributed by atoms with E-state index >= 15 is 0 Å². The molecule has 30 valence electrons. The largest absolute Gasteiger partial charge is 2.00 e. The molecular weight excluding hydrogens is 123 g/mol. The van der Waals surface area contributed by atoms with Crippen molar-refractivity contribution in [2.45, 2.75) is 0 Å². The molecule has 0 aliphatic carbocycles. The second-order valence-electron chi connectivity index (χ2n) is 0.283. The van der Waals surface area contributed by atoms with Crippen LogP contribution >= 0.6 is 0 Å². The van der Waals surface area contributed by atoms with E-state index in [2.05, 4.69) is 0 Å². The first kappa shape index (κ1) is 15.6. The Labute approximate surface area is 83.3 Å². The summed E-state index contributed by atoms with van der Waals surface area (Å²) < 4.78 is 8.74. The van der Waals surface area contributed by atoms with Crippen molar-refractivity contribution in [3.63, 3.8) is 0 Å². The van der Waals surface area contributed by atoms with Gasteiger partial charge in [0.05, 0.1) is 0 Å². The van der Waals surface area contributed by atoms with Crippen LogP contribution in [-0.2, 0) is 4.46 Å². The Hall–Kier alpha value is 1.47. The van der Waals surface area contributed by atoms with Crippen molar-refractivity contribution < 1.29 is 37.2 Å². The third kappa shape index (κ3) is 50.4. The van der Waals surface area contributed by atoms with Gasteiger partial charge in [-0.25, -0.2) is 0 Å². The standard InChI is InChI=1S/Ca.Li.H2O3Si.3H/c;;1-4(2)3;;;/h;;1-2H;;;/q+2;+1;;3*-1. The normalized spacial score (nSPS) is 4.00. The summed E-state index contributed by atoms with van der Waals surface area (Å²) in [5.74, 6) is 0. The SMILES string of the molecule is O=[Si](O)O.[Ca+2].[H-].[H-].[H-].[Li+]. The van der Waals surface area contributed by atoms with Gasteiger partial charge in [-0.3, -0.25) is 4.46 Å². The van der Waals surface area contributed by atoms with Crippen molar-refractivity contribution in [3.05, 3.63) is 0 Å². The Balaban J connectivity index is -0.00000000450. The molecule has 2 N–H and O–H groups in total. The van der Waals surface area contributed by atoms with E-state index in [-0.39, 0.29) is 60.9 Å². The van der Waals surface area contributed by atoms with E-state index in [4.69, 9.17) is 14.1 Å². The Bertz CT molecular complexity index is 42.0. The Morgan fingerprint density at radius 1 is 1.50 bits per heavy atom. The van der Waals surface area contributed by atoms with Gasteiger partial charge in [0.15, 0.2) is 0 Å². The molecule has 0 aromatic rings. The molecule has 0 radical (unpaired) electrons. The molecular formula is H5CaLiO3Si. The van der Waals surface area contributed by atoms with Gasteiger partial charge in [0.25, 0.3) is 0 Å². The Morgan fingerprint density at radius 3 is 1.50 bits per heavy atom. The van der Waals surface area contributed by atoms with E-state index < -0.39 is 9.17 Å². The van der Waals surface area contributed by atoms with Crippen molar-refractivity contribution in [2.24, 2.45) is 0 Å². The van der Waals surface area contributed by atoms with E-state index in [1.807, 2.05) is 0 Å². The fourth-order valence-corrected chi connectivity index (χ4v) is 0. The van der Waals surface area contributed by atoms with Crippen LogP contribution in [0, 0.1) is 0 Å². The van der Waals surface area contributed by atoms with Crippen molar-refractivity contribution in [1.29, 1.82) is 0 Å². The summed E-state index contributed by atoms with van der Waals surface area (Å²) in [5, 5.41) is 0. The van der Waals surface area contributed by atoms with Crippen LogP contribution in [0.4, 0.5) is 0 Å². The maximum Gasteiger partial charge on any atom is 2.00 e. The predicted octanol–water partition coefficient (Wildman–Crippen LogP) is -4.65. The van der Waals surface area contributed by atoms with E-state index in [1.54, 1.807) is 0 Å². The maximum absolute atomic E-state index is 8.74. The van der Waals surface area contributed by atoms with Crippen LogP contribution in [-0.4, -0.2) is 56.5 Å². The summed E-state index contributed by atoms with van der Waals surface area (Å²) in [6.07, 6.45) is 0. The third-order valence-electron chi connectivity index (χ3n) is 0. The minimum Gasteiger partial charge on any atom is -1.00 e. The molecule has 0 amide bonds. The summed E-state index contributed by atoms with van der Waals surface area (Å²) >= 11 is 0. The van der Waals surface area contributed by atoms with Crippen LogP contribution in [0.5, 0.6) is 0 Å². The number of rotatable bonds is 0. The second-order valence-corrected chi connectivity index (χ2v) is 0.848. The van der Waals surface area contributed by atoms with E-state index in [0.29, 0.717) is 0 Å². The third-order valence-corrected chi connectivity index (χ3v) is 0. The first-order chi connectivity index (χ1) is 1.73. The molecule has 0 heterocycles. The molecule has 0 aliphatic heterocycles. The van der Waals surface area contributed by atoms with Gasteiger partial charge >= 0.3 is 65.8 Å². The molecule has 0 bridgehead atoms. The van der Waals surface area contributed by atoms with Gasteiger partial charge in [0.2, 0.25) is 0 Å². The molecule has 0 aliphatic rings. The van der Waals surface area contributed by atoms with Crippen molar-refractivity contribution in [2.75, 3.05) is 0 Å². The molecule has 0 atom stereocenters. The van der Waals surface area contributed by atoms with Gasteiger partial charge < -0.3 is 13.9 Å². The maximum atomic E-state index is 8.74. The quantitative estimate of drug-likeness (QED) is 0.322. The van der Waals surface area contributed by atoms with Crippen molar-refractivity contribution in [3.8, 4) is 0 Å². The molecule has 3 nitrogen and oxygen atoms in total. The minimum atomic E-state index is -3.13. The van der Waals surface area contributed by atoms with Gasteiger partial charge in [0, 0.05) is 0 Å². The summed E-state index contributed by atoms with van der Waals surface area (Å²) in [5.41, 5.74) is 0. The summed E-state index contributed by atoms with van der Waals surface area (Å²) in [7, 11) is -3.13. The zero-order valence-electron chi connectivity index (χ0n) is 6.51. The van der Waals surface area contributed by atoms with Gasteiger partial charge in [-0.05, 0) is 0 Å². The van der Waals surface area contributed by atoms with Crippen LogP contribution in [0.3, 0.4) is 0 Å². The number of hydrogen-bond donors (Lipinski definition) is 2. The zero-order valence-corrected chi connectivity index (χ0v) is 6.72. The summed E-state index contributed by atoms with van der Waals surface area (Å²) in [4.78, 5) is 14.3. The summed E-state index contributed by atoms with van der Waals surface area (Å²) in [6.45, 7) is 0. The minimum absolute atomic E-state index is 0. The second kappa shape index (κ2) is 9.69. The molecule has 0 aromatic heterocycles. The Morgan fingerprint density at radius 2 is 1.50 bits per heavy atom. The van der Waals surface area contributed by atoms with Crippen LogP contribution in [0.15, 0.2) is 0 Å². The van der Waals surface area contributed by atoms with Crippen LogP contribution < -0.4 is 18.9 Å². The first-order valence-electron chi connectivity index (χ1n) is 0.651. The van der Waals surface area contributed by atoms with Gasteiger partial charge in [-0.15, -0.1) is 0 Å². The average molecular weight is 128 g/mol. The fraction of sp³-hybridized carbons (Fsp3) is 0. The van der Waals surface area contributed by atoms with E-state index in [9.17, 15) is 0 Å².